The van der Waals surface area contributed by atoms with Gasteiger partial charge in [0.25, 0.3) is 0 Å². The van der Waals surface area contributed by atoms with Gasteiger partial charge >= 0.3 is 0 Å². The van der Waals surface area contributed by atoms with E-state index in [1.54, 1.807) is 12.1 Å². The summed E-state index contributed by atoms with van der Waals surface area (Å²) < 4.78 is 19.2. The van der Waals surface area contributed by atoms with E-state index < -0.39 is 6.10 Å². The molecule has 22 heavy (non-hydrogen) atoms. The number of halogens is 2. The van der Waals surface area contributed by atoms with Crippen LogP contribution in [0.5, 0.6) is 0 Å². The van der Waals surface area contributed by atoms with Crippen LogP contribution in [0.1, 0.15) is 12.0 Å². The molecule has 0 aromatic heterocycles. The first-order chi connectivity index (χ1) is 10.6. The van der Waals surface area contributed by atoms with Crippen molar-refractivity contribution in [1.82, 2.24) is 9.80 Å². The van der Waals surface area contributed by atoms with Gasteiger partial charge in [-0.25, -0.2) is 4.39 Å². The van der Waals surface area contributed by atoms with Crippen LogP contribution < -0.4 is 0 Å². The van der Waals surface area contributed by atoms with E-state index in [4.69, 9.17) is 16.3 Å². The number of likely N-dealkylation sites (tertiary alicyclic amines) is 1. The van der Waals surface area contributed by atoms with E-state index >= 15 is 0 Å². The smallest absolute Gasteiger partial charge is 0.129 e. The zero-order valence-electron chi connectivity index (χ0n) is 12.5. The van der Waals surface area contributed by atoms with Crippen molar-refractivity contribution in [2.45, 2.75) is 25.1 Å². The number of β-amino-alcohol motifs (C(OH)–C–C–N with tert-alkyl or cyclic N) is 1. The van der Waals surface area contributed by atoms with Crippen LogP contribution in [0.15, 0.2) is 18.2 Å². The van der Waals surface area contributed by atoms with Crippen molar-refractivity contribution < 1.29 is 14.2 Å². The van der Waals surface area contributed by atoms with Crippen LogP contribution in [0.4, 0.5) is 4.39 Å². The molecule has 4 nitrogen and oxygen atoms in total. The largest absolute Gasteiger partial charge is 0.390 e. The summed E-state index contributed by atoms with van der Waals surface area (Å²) in [5.41, 5.74) is 0.515. The summed E-state index contributed by atoms with van der Waals surface area (Å²) in [6.45, 7) is 5.05. The molecule has 2 heterocycles. The Balaban J connectivity index is 1.60. The fourth-order valence-corrected chi connectivity index (χ4v) is 3.59. The van der Waals surface area contributed by atoms with Gasteiger partial charge in [-0.15, -0.1) is 0 Å². The third kappa shape index (κ3) is 3.60. The molecule has 1 aromatic rings. The highest BCUT2D eigenvalue weighted by molar-refractivity contribution is 6.31. The predicted octanol–water partition coefficient (Wildman–Crippen LogP) is 1.75. The zero-order valence-corrected chi connectivity index (χ0v) is 13.3. The molecule has 0 radical (unpaired) electrons. The van der Waals surface area contributed by atoms with E-state index in [0.29, 0.717) is 23.7 Å². The standard InChI is InChI=1S/C16H22ClFN2O2/c17-13-2-1-3-14(18)12(13)10-19-5-4-15(16(21)11-19)20-6-8-22-9-7-20/h1-3,15-16,21H,4-11H2/t15-,16-/m1/s1. The first kappa shape index (κ1) is 16.1. The molecule has 0 spiro atoms. The van der Waals surface area contributed by atoms with Gasteiger partial charge < -0.3 is 9.84 Å². The molecular formula is C16H22ClFN2O2. The van der Waals surface area contributed by atoms with Crippen molar-refractivity contribution in [2.75, 3.05) is 39.4 Å². The summed E-state index contributed by atoms with van der Waals surface area (Å²) in [4.78, 5) is 4.38. The molecule has 1 N–H and O–H groups in total. The highest BCUT2D eigenvalue weighted by atomic mass is 35.5. The predicted molar refractivity (Wildman–Crippen MR) is 83.5 cm³/mol. The number of benzene rings is 1. The Morgan fingerprint density at radius 3 is 2.73 bits per heavy atom. The Hall–Kier alpha value is -0.720. The Morgan fingerprint density at radius 2 is 2.05 bits per heavy atom. The molecule has 2 aliphatic rings. The number of piperidine rings is 1. The minimum absolute atomic E-state index is 0.177. The lowest BCUT2D eigenvalue weighted by atomic mass is 9.99. The molecule has 2 aliphatic heterocycles. The molecule has 0 saturated carbocycles. The first-order valence-corrected chi connectivity index (χ1v) is 8.18. The molecule has 2 fully saturated rings. The lowest BCUT2D eigenvalue weighted by Gasteiger charge is -2.43. The minimum atomic E-state index is -0.419. The van der Waals surface area contributed by atoms with E-state index in [2.05, 4.69) is 9.80 Å². The number of morpholine rings is 1. The third-order valence-corrected chi connectivity index (χ3v) is 4.94. The van der Waals surface area contributed by atoms with Crippen LogP contribution in [0, 0.1) is 5.82 Å². The summed E-state index contributed by atoms with van der Waals surface area (Å²) in [6.07, 6.45) is 0.463. The SMILES string of the molecule is O[C@@H]1CN(Cc2c(F)cccc2Cl)CC[C@H]1N1CCOCC1. The van der Waals surface area contributed by atoms with Crippen molar-refractivity contribution in [3.63, 3.8) is 0 Å². The Kier molecular flexibility index (Phi) is 5.31. The first-order valence-electron chi connectivity index (χ1n) is 7.80. The van der Waals surface area contributed by atoms with E-state index in [9.17, 15) is 9.50 Å². The third-order valence-electron chi connectivity index (χ3n) is 4.59. The van der Waals surface area contributed by atoms with Gasteiger partial charge in [0.15, 0.2) is 0 Å². The van der Waals surface area contributed by atoms with Gasteiger partial charge in [-0.3, -0.25) is 9.80 Å². The monoisotopic (exact) mass is 328 g/mol. The Morgan fingerprint density at radius 1 is 1.27 bits per heavy atom. The summed E-state index contributed by atoms with van der Waals surface area (Å²) in [6, 6.07) is 4.92. The van der Waals surface area contributed by atoms with E-state index in [0.717, 1.165) is 39.3 Å². The van der Waals surface area contributed by atoms with Crippen molar-refractivity contribution >= 4 is 11.6 Å². The lowest BCUT2D eigenvalue weighted by Crippen LogP contribution is -2.56. The van der Waals surface area contributed by atoms with E-state index in [-0.39, 0.29) is 11.9 Å². The average Bonchev–Trinajstić information content (AvgIpc) is 2.52. The quantitative estimate of drug-likeness (QED) is 0.917. The number of rotatable bonds is 3. The van der Waals surface area contributed by atoms with Crippen LogP contribution in [0.2, 0.25) is 5.02 Å². The Bertz CT molecular complexity index is 491. The maximum Gasteiger partial charge on any atom is 0.129 e. The van der Waals surface area contributed by atoms with E-state index in [1.165, 1.54) is 6.07 Å². The second kappa shape index (κ2) is 7.23. The number of hydrogen-bond acceptors (Lipinski definition) is 4. The zero-order chi connectivity index (χ0) is 15.5. The minimum Gasteiger partial charge on any atom is -0.390 e. The van der Waals surface area contributed by atoms with Crippen LogP contribution >= 0.6 is 11.6 Å². The topological polar surface area (TPSA) is 35.9 Å². The van der Waals surface area contributed by atoms with Crippen molar-refractivity contribution in [3.8, 4) is 0 Å². The highest BCUT2D eigenvalue weighted by Crippen LogP contribution is 2.24. The normalized spacial score (nSPS) is 28.0. The molecule has 0 aliphatic carbocycles. The maximum atomic E-state index is 13.9. The van der Waals surface area contributed by atoms with Crippen LogP contribution in [0.3, 0.4) is 0 Å². The van der Waals surface area contributed by atoms with Gasteiger partial charge in [-0.1, -0.05) is 17.7 Å². The van der Waals surface area contributed by atoms with Gasteiger partial charge in [0.2, 0.25) is 0 Å². The number of aliphatic hydroxyl groups is 1. The molecule has 0 amide bonds. The number of hydrogen-bond donors (Lipinski definition) is 1. The number of ether oxygens (including phenoxy) is 1. The molecule has 122 valence electrons. The second-order valence-corrected chi connectivity index (χ2v) is 6.41. The lowest BCUT2D eigenvalue weighted by molar-refractivity contribution is -0.0535. The summed E-state index contributed by atoms with van der Waals surface area (Å²) >= 11 is 6.08. The molecular weight excluding hydrogens is 307 g/mol. The van der Waals surface area contributed by atoms with Crippen LogP contribution in [-0.4, -0.2) is 66.4 Å². The van der Waals surface area contributed by atoms with Gasteiger partial charge in [-0.2, -0.15) is 0 Å². The van der Waals surface area contributed by atoms with Gasteiger partial charge in [0, 0.05) is 49.4 Å². The van der Waals surface area contributed by atoms with Gasteiger partial charge in [0.1, 0.15) is 5.82 Å². The van der Waals surface area contributed by atoms with E-state index in [1.807, 2.05) is 0 Å². The Labute approximate surface area is 135 Å². The molecule has 2 atom stereocenters. The highest BCUT2D eigenvalue weighted by Gasteiger charge is 2.33. The molecule has 6 heteroatoms. The fourth-order valence-electron chi connectivity index (χ4n) is 3.37. The fraction of sp³-hybridized carbons (Fsp3) is 0.625. The second-order valence-electron chi connectivity index (χ2n) is 6.01. The molecule has 2 saturated heterocycles. The summed E-state index contributed by atoms with van der Waals surface area (Å²) in [5, 5.41) is 10.9. The van der Waals surface area contributed by atoms with Gasteiger partial charge in [-0.05, 0) is 18.6 Å². The number of nitrogens with zero attached hydrogens (tertiary/aromatic N) is 2. The van der Waals surface area contributed by atoms with Crippen molar-refractivity contribution in [1.29, 1.82) is 0 Å². The molecule has 1 aromatic carbocycles. The summed E-state index contributed by atoms with van der Waals surface area (Å²) in [5.74, 6) is -0.280. The van der Waals surface area contributed by atoms with Crippen LogP contribution in [-0.2, 0) is 11.3 Å². The van der Waals surface area contributed by atoms with Crippen LogP contribution in [0.25, 0.3) is 0 Å². The molecule has 3 rings (SSSR count). The van der Waals surface area contributed by atoms with Crippen molar-refractivity contribution in [2.24, 2.45) is 0 Å². The maximum absolute atomic E-state index is 13.9. The molecule has 0 unspecified atom stereocenters. The molecule has 0 bridgehead atoms. The number of aliphatic hydroxyl groups excluding tert-OH is 1. The van der Waals surface area contributed by atoms with Gasteiger partial charge in [0.05, 0.1) is 19.3 Å². The average molecular weight is 329 g/mol. The van der Waals surface area contributed by atoms with Crippen molar-refractivity contribution in [3.05, 3.63) is 34.6 Å². The summed E-state index contributed by atoms with van der Waals surface area (Å²) in [7, 11) is 0.